The smallest absolute Gasteiger partial charge is 0.311 e. The number of benzene rings is 2. The van der Waals surface area contributed by atoms with E-state index in [0.717, 1.165) is 10.9 Å². The summed E-state index contributed by atoms with van der Waals surface area (Å²) in [4.78, 5) is 39.8. The van der Waals surface area contributed by atoms with Gasteiger partial charge in [-0.3, -0.25) is 19.3 Å². The number of carbonyl (C=O) groups is 3. The van der Waals surface area contributed by atoms with Crippen molar-refractivity contribution in [3.8, 4) is 0 Å². The van der Waals surface area contributed by atoms with Crippen LogP contribution in [-0.2, 0) is 25.5 Å². The van der Waals surface area contributed by atoms with Crippen LogP contribution < -0.4 is 10.2 Å². The van der Waals surface area contributed by atoms with Gasteiger partial charge >= 0.3 is 5.97 Å². The summed E-state index contributed by atoms with van der Waals surface area (Å²) in [7, 11) is 0. The number of aryl methyl sites for hydroxylation is 1. The summed E-state index contributed by atoms with van der Waals surface area (Å²) in [6.07, 6.45) is 0.450. The molecule has 0 saturated heterocycles. The van der Waals surface area contributed by atoms with Gasteiger partial charge < -0.3 is 14.5 Å². The van der Waals surface area contributed by atoms with Crippen molar-refractivity contribution in [2.24, 2.45) is 0 Å². The number of para-hydroxylation sites is 2. The summed E-state index contributed by atoms with van der Waals surface area (Å²) in [6, 6.07) is 12.8. The van der Waals surface area contributed by atoms with Crippen molar-refractivity contribution in [2.45, 2.75) is 45.8 Å². The predicted molar refractivity (Wildman–Crippen MR) is 117 cm³/mol. The lowest BCUT2D eigenvalue weighted by Crippen LogP contribution is -2.60. The zero-order chi connectivity index (χ0) is 22.3. The standard InChI is InChI=1S/C24H24N2O5/c1-14-9-10-17-16(13-30-20(17)11-14)12-21(27)31-15(2)22(28)26-19-8-6-5-7-18(19)25-23(29)24(26,3)4/h5-11,13,15H,12H2,1-4H3,(H,25,29)/t15-/m0/s1. The van der Waals surface area contributed by atoms with Crippen molar-refractivity contribution < 1.29 is 23.5 Å². The number of nitrogens with zero attached hydrogens (tertiary/aromatic N) is 1. The zero-order valence-corrected chi connectivity index (χ0v) is 17.9. The van der Waals surface area contributed by atoms with Crippen molar-refractivity contribution in [2.75, 3.05) is 10.2 Å². The van der Waals surface area contributed by atoms with Gasteiger partial charge in [0.15, 0.2) is 6.10 Å². The first-order chi connectivity index (χ1) is 14.7. The molecule has 0 bridgehead atoms. The SMILES string of the molecule is Cc1ccc2c(CC(=O)O[C@@H](C)C(=O)N3c4ccccc4NC(=O)C3(C)C)coc2c1. The molecule has 2 heterocycles. The molecule has 4 rings (SSSR count). The molecule has 2 amide bonds. The molecule has 160 valence electrons. The monoisotopic (exact) mass is 420 g/mol. The van der Waals surface area contributed by atoms with Gasteiger partial charge in [-0.25, -0.2) is 0 Å². The van der Waals surface area contributed by atoms with E-state index in [1.54, 1.807) is 38.1 Å². The van der Waals surface area contributed by atoms with E-state index >= 15 is 0 Å². The lowest BCUT2D eigenvalue weighted by molar-refractivity contribution is -0.153. The van der Waals surface area contributed by atoms with Gasteiger partial charge in [-0.2, -0.15) is 0 Å². The highest BCUT2D eigenvalue weighted by Crippen LogP contribution is 2.37. The first kappa shape index (κ1) is 20.7. The Bertz CT molecular complexity index is 1190. The minimum absolute atomic E-state index is 0.0197. The molecular formula is C24H24N2O5. The molecule has 1 aliphatic heterocycles. The highest BCUT2D eigenvalue weighted by atomic mass is 16.5. The zero-order valence-electron chi connectivity index (χ0n) is 17.9. The number of hydrogen-bond donors (Lipinski definition) is 1. The molecular weight excluding hydrogens is 396 g/mol. The minimum Gasteiger partial charge on any atom is -0.464 e. The average molecular weight is 420 g/mol. The lowest BCUT2D eigenvalue weighted by atomic mass is 9.95. The number of ether oxygens (including phenoxy) is 1. The number of esters is 1. The molecule has 7 nitrogen and oxygen atoms in total. The fourth-order valence-corrected chi connectivity index (χ4v) is 3.80. The van der Waals surface area contributed by atoms with E-state index in [2.05, 4.69) is 5.32 Å². The van der Waals surface area contributed by atoms with Crippen LogP contribution in [0.2, 0.25) is 0 Å². The van der Waals surface area contributed by atoms with E-state index in [4.69, 9.17) is 9.15 Å². The molecule has 1 atom stereocenters. The van der Waals surface area contributed by atoms with Crippen LogP contribution in [0.25, 0.3) is 11.0 Å². The van der Waals surface area contributed by atoms with Gasteiger partial charge in [-0.1, -0.05) is 24.3 Å². The number of amides is 2. The lowest BCUT2D eigenvalue weighted by Gasteiger charge is -2.42. The third kappa shape index (κ3) is 3.67. The second-order valence-electron chi connectivity index (χ2n) is 8.27. The van der Waals surface area contributed by atoms with Crippen LogP contribution in [0.1, 0.15) is 31.9 Å². The maximum atomic E-state index is 13.3. The van der Waals surface area contributed by atoms with Crippen LogP contribution in [0.4, 0.5) is 11.4 Å². The Morgan fingerprint density at radius 3 is 2.71 bits per heavy atom. The van der Waals surface area contributed by atoms with E-state index < -0.39 is 23.5 Å². The molecule has 0 aliphatic carbocycles. The Kier molecular flexibility index (Phi) is 5.05. The molecule has 0 saturated carbocycles. The van der Waals surface area contributed by atoms with Crippen molar-refractivity contribution in [3.63, 3.8) is 0 Å². The van der Waals surface area contributed by atoms with Crippen molar-refractivity contribution in [3.05, 3.63) is 59.9 Å². The fourth-order valence-electron chi connectivity index (χ4n) is 3.80. The Labute approximate surface area is 180 Å². The molecule has 0 spiro atoms. The van der Waals surface area contributed by atoms with Gasteiger partial charge in [0.05, 0.1) is 24.1 Å². The van der Waals surface area contributed by atoms with Gasteiger partial charge in [0, 0.05) is 10.9 Å². The predicted octanol–water partition coefficient (Wildman–Crippen LogP) is 3.98. The van der Waals surface area contributed by atoms with Crippen molar-refractivity contribution in [1.82, 2.24) is 0 Å². The van der Waals surface area contributed by atoms with Crippen molar-refractivity contribution >= 4 is 40.1 Å². The molecule has 0 fully saturated rings. The molecule has 0 unspecified atom stereocenters. The molecule has 31 heavy (non-hydrogen) atoms. The number of fused-ring (bicyclic) bond motifs is 2. The fraction of sp³-hybridized carbons (Fsp3) is 0.292. The summed E-state index contributed by atoms with van der Waals surface area (Å²) < 4.78 is 11.0. The Hall–Kier alpha value is -3.61. The molecule has 1 aliphatic rings. The normalized spacial score (nSPS) is 15.9. The van der Waals surface area contributed by atoms with Gasteiger partial charge in [0.25, 0.3) is 5.91 Å². The quantitative estimate of drug-likeness (QED) is 0.645. The molecule has 1 N–H and O–H groups in total. The van der Waals surface area contributed by atoms with Crippen LogP contribution >= 0.6 is 0 Å². The Morgan fingerprint density at radius 1 is 1.19 bits per heavy atom. The third-order valence-electron chi connectivity index (χ3n) is 5.53. The Balaban J connectivity index is 1.52. The van der Waals surface area contributed by atoms with Gasteiger partial charge in [0.1, 0.15) is 11.1 Å². The topological polar surface area (TPSA) is 88.9 Å². The Morgan fingerprint density at radius 2 is 1.94 bits per heavy atom. The van der Waals surface area contributed by atoms with E-state index in [1.165, 1.54) is 18.1 Å². The molecule has 0 radical (unpaired) electrons. The molecule has 7 heteroatoms. The number of rotatable bonds is 4. The summed E-state index contributed by atoms with van der Waals surface area (Å²) in [6.45, 7) is 6.79. The van der Waals surface area contributed by atoms with Crippen molar-refractivity contribution in [1.29, 1.82) is 0 Å². The van der Waals surface area contributed by atoms with E-state index in [9.17, 15) is 14.4 Å². The molecule has 1 aromatic heterocycles. The summed E-state index contributed by atoms with van der Waals surface area (Å²) in [5.74, 6) is -1.32. The second kappa shape index (κ2) is 7.58. The van der Waals surface area contributed by atoms with E-state index in [1.807, 2.05) is 25.1 Å². The van der Waals surface area contributed by atoms with Gasteiger partial charge in [-0.15, -0.1) is 0 Å². The van der Waals surface area contributed by atoms with Gasteiger partial charge in [0.2, 0.25) is 5.91 Å². The number of furan rings is 1. The van der Waals surface area contributed by atoms with E-state index in [-0.39, 0.29) is 12.3 Å². The van der Waals surface area contributed by atoms with Crippen LogP contribution in [0, 0.1) is 6.92 Å². The van der Waals surface area contributed by atoms with Crippen LogP contribution in [0.5, 0.6) is 0 Å². The average Bonchev–Trinajstić information content (AvgIpc) is 3.09. The first-order valence-corrected chi connectivity index (χ1v) is 10.1. The first-order valence-electron chi connectivity index (χ1n) is 10.1. The van der Waals surface area contributed by atoms with Crippen LogP contribution in [-0.4, -0.2) is 29.4 Å². The molecule has 3 aromatic rings. The van der Waals surface area contributed by atoms with Gasteiger partial charge in [-0.05, 0) is 51.5 Å². The third-order valence-corrected chi connectivity index (χ3v) is 5.53. The maximum Gasteiger partial charge on any atom is 0.311 e. The summed E-state index contributed by atoms with van der Waals surface area (Å²) >= 11 is 0. The van der Waals surface area contributed by atoms with E-state index in [0.29, 0.717) is 22.5 Å². The highest BCUT2D eigenvalue weighted by molar-refractivity contribution is 6.15. The highest BCUT2D eigenvalue weighted by Gasteiger charge is 2.45. The summed E-state index contributed by atoms with van der Waals surface area (Å²) in [5.41, 5.74) is 2.43. The minimum atomic E-state index is -1.13. The largest absolute Gasteiger partial charge is 0.464 e. The maximum absolute atomic E-state index is 13.3. The molecule has 2 aromatic carbocycles. The number of nitrogens with one attached hydrogen (secondary N) is 1. The number of hydrogen-bond acceptors (Lipinski definition) is 5. The number of anilines is 2. The van der Waals surface area contributed by atoms with Crippen LogP contribution in [0.3, 0.4) is 0 Å². The summed E-state index contributed by atoms with van der Waals surface area (Å²) in [5, 5.41) is 3.65. The van der Waals surface area contributed by atoms with Crippen LogP contribution in [0.15, 0.2) is 53.1 Å². The number of carbonyl (C=O) groups excluding carboxylic acids is 3. The second-order valence-corrected chi connectivity index (χ2v) is 8.27.